The van der Waals surface area contributed by atoms with Gasteiger partial charge in [-0.2, -0.15) is 0 Å². The molecule has 0 aliphatic carbocycles. The van der Waals surface area contributed by atoms with Crippen molar-refractivity contribution >= 4 is 23.3 Å². The average molecular weight is 229 g/mol. The van der Waals surface area contributed by atoms with Crippen molar-refractivity contribution < 1.29 is 4.79 Å². The lowest BCUT2D eigenvalue weighted by molar-refractivity contribution is -0.116. The Morgan fingerprint density at radius 3 is 2.87 bits per heavy atom. The number of nitrogens with one attached hydrogen (secondary N) is 1. The Hall–Kier alpha value is -1.20. The van der Waals surface area contributed by atoms with Crippen molar-refractivity contribution in [1.29, 1.82) is 0 Å². The minimum Gasteiger partial charge on any atom is -0.330 e. The fraction of sp³-hybridized carbons (Fsp3) is 0.444. The van der Waals surface area contributed by atoms with Crippen molar-refractivity contribution in [1.82, 2.24) is 10.2 Å². The van der Waals surface area contributed by atoms with Crippen LogP contribution in [0.1, 0.15) is 13.3 Å². The summed E-state index contributed by atoms with van der Waals surface area (Å²) in [7, 11) is 0. The SMILES string of the molecule is CC(CN)CC(=O)Nc1ccc(Cl)nn1. The van der Waals surface area contributed by atoms with Crippen LogP contribution in [0.5, 0.6) is 0 Å². The van der Waals surface area contributed by atoms with Crippen LogP contribution in [0.15, 0.2) is 12.1 Å². The molecule has 0 aromatic carbocycles. The standard InChI is InChI=1S/C9H13ClN4O/c1-6(5-11)4-9(15)12-8-3-2-7(10)13-14-8/h2-3,6H,4-5,11H2,1H3,(H,12,14,15). The van der Waals surface area contributed by atoms with E-state index >= 15 is 0 Å². The molecule has 1 aromatic heterocycles. The molecule has 1 unspecified atom stereocenters. The number of rotatable bonds is 4. The number of carbonyl (C=O) groups is 1. The molecule has 0 bridgehead atoms. The van der Waals surface area contributed by atoms with Gasteiger partial charge in [-0.25, -0.2) is 0 Å². The maximum absolute atomic E-state index is 11.4. The molecule has 0 fully saturated rings. The lowest BCUT2D eigenvalue weighted by Gasteiger charge is -2.07. The van der Waals surface area contributed by atoms with Crippen LogP contribution in [0.3, 0.4) is 0 Å². The number of carbonyl (C=O) groups excluding carboxylic acids is 1. The van der Waals surface area contributed by atoms with Crippen LogP contribution >= 0.6 is 11.6 Å². The molecule has 0 saturated carbocycles. The Labute approximate surface area is 93.0 Å². The van der Waals surface area contributed by atoms with Gasteiger partial charge in [0.2, 0.25) is 5.91 Å². The summed E-state index contributed by atoms with van der Waals surface area (Å²) in [5.41, 5.74) is 5.41. The molecular weight excluding hydrogens is 216 g/mol. The van der Waals surface area contributed by atoms with Crippen molar-refractivity contribution in [3.05, 3.63) is 17.3 Å². The second kappa shape index (κ2) is 5.63. The van der Waals surface area contributed by atoms with Crippen molar-refractivity contribution in [2.45, 2.75) is 13.3 Å². The van der Waals surface area contributed by atoms with Crippen LogP contribution < -0.4 is 11.1 Å². The number of nitrogens with zero attached hydrogens (tertiary/aromatic N) is 2. The van der Waals surface area contributed by atoms with Crippen LogP contribution in [-0.4, -0.2) is 22.6 Å². The van der Waals surface area contributed by atoms with Crippen LogP contribution in [0, 0.1) is 5.92 Å². The first-order valence-electron chi connectivity index (χ1n) is 4.61. The highest BCUT2D eigenvalue weighted by Gasteiger charge is 2.08. The maximum Gasteiger partial charge on any atom is 0.225 e. The first-order valence-corrected chi connectivity index (χ1v) is 4.98. The summed E-state index contributed by atoms with van der Waals surface area (Å²) in [6, 6.07) is 3.16. The second-order valence-corrected chi connectivity index (χ2v) is 3.72. The van der Waals surface area contributed by atoms with Crippen LogP contribution in [0.25, 0.3) is 0 Å². The third-order valence-corrected chi connectivity index (χ3v) is 2.04. The average Bonchev–Trinajstić information content (AvgIpc) is 2.21. The minimum absolute atomic E-state index is 0.121. The molecule has 82 valence electrons. The predicted octanol–water partition coefficient (Wildman–Crippen LogP) is 1.05. The fourth-order valence-electron chi connectivity index (χ4n) is 0.976. The fourth-order valence-corrected chi connectivity index (χ4v) is 1.08. The zero-order valence-electron chi connectivity index (χ0n) is 8.40. The van der Waals surface area contributed by atoms with E-state index in [1.54, 1.807) is 12.1 Å². The highest BCUT2D eigenvalue weighted by Crippen LogP contribution is 2.07. The van der Waals surface area contributed by atoms with Crippen molar-refractivity contribution in [2.75, 3.05) is 11.9 Å². The van der Waals surface area contributed by atoms with Crippen LogP contribution in [0.4, 0.5) is 5.82 Å². The zero-order chi connectivity index (χ0) is 11.3. The summed E-state index contributed by atoms with van der Waals surface area (Å²) in [4.78, 5) is 11.4. The van der Waals surface area contributed by atoms with Gasteiger partial charge in [0.25, 0.3) is 0 Å². The molecule has 6 heteroatoms. The predicted molar refractivity (Wildman–Crippen MR) is 58.5 cm³/mol. The molecular formula is C9H13ClN4O. The molecule has 1 atom stereocenters. The Kier molecular flexibility index (Phi) is 4.45. The molecule has 1 heterocycles. The maximum atomic E-state index is 11.4. The van der Waals surface area contributed by atoms with E-state index in [1.165, 1.54) is 0 Å². The molecule has 15 heavy (non-hydrogen) atoms. The normalized spacial score (nSPS) is 12.2. The summed E-state index contributed by atoms with van der Waals surface area (Å²) in [6.45, 7) is 2.40. The van der Waals surface area contributed by atoms with Gasteiger partial charge in [0.1, 0.15) is 0 Å². The summed E-state index contributed by atoms with van der Waals surface area (Å²) in [6.07, 6.45) is 0.376. The van der Waals surface area contributed by atoms with Gasteiger partial charge in [-0.1, -0.05) is 18.5 Å². The minimum atomic E-state index is -0.121. The molecule has 0 radical (unpaired) electrons. The van der Waals surface area contributed by atoms with E-state index in [0.29, 0.717) is 23.9 Å². The monoisotopic (exact) mass is 228 g/mol. The molecule has 1 amide bonds. The Balaban J connectivity index is 2.48. The Bertz CT molecular complexity index is 327. The van der Waals surface area contributed by atoms with Gasteiger partial charge in [0, 0.05) is 6.42 Å². The highest BCUT2D eigenvalue weighted by molar-refractivity contribution is 6.29. The summed E-state index contributed by atoms with van der Waals surface area (Å²) in [5.74, 6) is 0.434. The number of amides is 1. The van der Waals surface area contributed by atoms with Gasteiger partial charge >= 0.3 is 0 Å². The molecule has 0 aliphatic rings. The van der Waals surface area contributed by atoms with Gasteiger partial charge in [-0.3, -0.25) is 4.79 Å². The summed E-state index contributed by atoms with van der Waals surface area (Å²) < 4.78 is 0. The van der Waals surface area contributed by atoms with Crippen molar-refractivity contribution in [2.24, 2.45) is 11.7 Å². The summed E-state index contributed by atoms with van der Waals surface area (Å²) >= 11 is 5.55. The Morgan fingerprint density at radius 1 is 1.60 bits per heavy atom. The van der Waals surface area contributed by atoms with Gasteiger partial charge in [-0.05, 0) is 24.6 Å². The van der Waals surface area contributed by atoms with E-state index in [4.69, 9.17) is 17.3 Å². The number of aromatic nitrogens is 2. The quantitative estimate of drug-likeness (QED) is 0.807. The first-order chi connectivity index (χ1) is 7.11. The summed E-state index contributed by atoms with van der Waals surface area (Å²) in [5, 5.41) is 10.2. The lowest BCUT2D eigenvalue weighted by Crippen LogP contribution is -2.20. The van der Waals surface area contributed by atoms with Crippen molar-refractivity contribution in [3.8, 4) is 0 Å². The lowest BCUT2D eigenvalue weighted by atomic mass is 10.1. The topological polar surface area (TPSA) is 80.9 Å². The van der Waals surface area contributed by atoms with E-state index in [2.05, 4.69) is 15.5 Å². The third kappa shape index (κ3) is 4.22. The van der Waals surface area contributed by atoms with Gasteiger partial charge in [0.15, 0.2) is 11.0 Å². The highest BCUT2D eigenvalue weighted by atomic mass is 35.5. The first kappa shape index (κ1) is 11.9. The number of halogens is 1. The number of hydrogen-bond acceptors (Lipinski definition) is 4. The second-order valence-electron chi connectivity index (χ2n) is 3.33. The number of nitrogens with two attached hydrogens (primary N) is 1. The van der Waals surface area contributed by atoms with E-state index in [0.717, 1.165) is 0 Å². The smallest absolute Gasteiger partial charge is 0.225 e. The van der Waals surface area contributed by atoms with E-state index in [9.17, 15) is 4.79 Å². The van der Waals surface area contributed by atoms with Crippen LogP contribution in [-0.2, 0) is 4.79 Å². The molecule has 0 spiro atoms. The largest absolute Gasteiger partial charge is 0.330 e. The van der Waals surface area contributed by atoms with Gasteiger partial charge in [0.05, 0.1) is 0 Å². The molecule has 0 aliphatic heterocycles. The van der Waals surface area contributed by atoms with Gasteiger partial charge in [-0.15, -0.1) is 10.2 Å². The number of hydrogen-bond donors (Lipinski definition) is 2. The zero-order valence-corrected chi connectivity index (χ0v) is 9.16. The van der Waals surface area contributed by atoms with E-state index in [-0.39, 0.29) is 11.8 Å². The number of anilines is 1. The van der Waals surface area contributed by atoms with Crippen LogP contribution in [0.2, 0.25) is 5.15 Å². The van der Waals surface area contributed by atoms with Gasteiger partial charge < -0.3 is 11.1 Å². The molecule has 5 nitrogen and oxygen atoms in total. The molecule has 3 N–H and O–H groups in total. The van der Waals surface area contributed by atoms with E-state index in [1.807, 2.05) is 6.92 Å². The molecule has 1 rings (SSSR count). The molecule has 0 saturated heterocycles. The van der Waals surface area contributed by atoms with Crippen molar-refractivity contribution in [3.63, 3.8) is 0 Å². The molecule has 1 aromatic rings. The Morgan fingerprint density at radius 2 is 2.33 bits per heavy atom. The van der Waals surface area contributed by atoms with E-state index < -0.39 is 0 Å². The third-order valence-electron chi connectivity index (χ3n) is 1.84.